The number of halogens is 2. The smallest absolute Gasteiger partial charge is 0.341 e. The summed E-state index contributed by atoms with van der Waals surface area (Å²) in [4.78, 5) is 37.1. The number of carbonyl (C=O) groups excluding carboxylic acids is 1. The molecule has 0 bridgehead atoms. The zero-order valence-electron chi connectivity index (χ0n) is 16.7. The van der Waals surface area contributed by atoms with E-state index in [0.29, 0.717) is 24.3 Å². The number of hydrogen-bond acceptors (Lipinski definition) is 7. The van der Waals surface area contributed by atoms with E-state index in [1.807, 2.05) is 0 Å². The SMILES string of the molecule is NC(N)=NCCCC(N)C(=O)O.O=C(O)COc1ccc(C(=O)c2cccs2)c(Cl)c1Cl. The molecule has 0 aliphatic carbocycles. The summed E-state index contributed by atoms with van der Waals surface area (Å²) in [7, 11) is 0. The molecule has 1 aromatic carbocycles. The van der Waals surface area contributed by atoms with Crippen molar-refractivity contribution in [1.82, 2.24) is 0 Å². The molecule has 1 unspecified atom stereocenters. The minimum atomic E-state index is -1.13. The van der Waals surface area contributed by atoms with Crippen LogP contribution in [0, 0.1) is 0 Å². The summed E-state index contributed by atoms with van der Waals surface area (Å²) in [5, 5.41) is 18.8. The van der Waals surface area contributed by atoms with E-state index < -0.39 is 24.6 Å². The molecule has 13 heteroatoms. The Morgan fingerprint density at radius 3 is 2.34 bits per heavy atom. The molecule has 2 aromatic rings. The second kappa shape index (κ2) is 13.5. The van der Waals surface area contributed by atoms with E-state index in [9.17, 15) is 14.4 Å². The molecule has 32 heavy (non-hydrogen) atoms. The van der Waals surface area contributed by atoms with Crippen molar-refractivity contribution >= 4 is 58.2 Å². The van der Waals surface area contributed by atoms with Gasteiger partial charge in [0.2, 0.25) is 5.78 Å². The number of carbonyl (C=O) groups is 3. The van der Waals surface area contributed by atoms with Crippen LogP contribution < -0.4 is 21.9 Å². The van der Waals surface area contributed by atoms with Gasteiger partial charge in [0.25, 0.3) is 0 Å². The maximum absolute atomic E-state index is 12.2. The van der Waals surface area contributed by atoms with E-state index in [-0.39, 0.29) is 33.1 Å². The molecule has 1 aromatic heterocycles. The number of aliphatic imine (C=N–C) groups is 1. The van der Waals surface area contributed by atoms with Gasteiger partial charge in [0.15, 0.2) is 12.6 Å². The molecule has 0 fully saturated rings. The fraction of sp³-hybridized carbons (Fsp3) is 0.263. The van der Waals surface area contributed by atoms with Crippen molar-refractivity contribution in [2.24, 2.45) is 22.2 Å². The fourth-order valence-corrected chi connectivity index (χ4v) is 3.28. The highest BCUT2D eigenvalue weighted by Gasteiger charge is 2.19. The van der Waals surface area contributed by atoms with E-state index >= 15 is 0 Å². The van der Waals surface area contributed by atoms with Crippen molar-refractivity contribution in [1.29, 1.82) is 0 Å². The van der Waals surface area contributed by atoms with Crippen LogP contribution in [0.3, 0.4) is 0 Å². The summed E-state index contributed by atoms with van der Waals surface area (Å²) in [6.07, 6.45) is 0.956. The van der Waals surface area contributed by atoms with Crippen molar-refractivity contribution in [3.05, 3.63) is 50.1 Å². The lowest BCUT2D eigenvalue weighted by molar-refractivity contribution is -0.140. The number of carboxylic acid groups (broad SMARTS) is 2. The van der Waals surface area contributed by atoms with Gasteiger partial charge in [-0.05, 0) is 36.4 Å². The summed E-state index contributed by atoms with van der Waals surface area (Å²) in [5.74, 6) is -2.23. The van der Waals surface area contributed by atoms with Gasteiger partial charge < -0.3 is 32.2 Å². The van der Waals surface area contributed by atoms with Crippen LogP contribution in [-0.4, -0.2) is 53.1 Å². The van der Waals surface area contributed by atoms with Gasteiger partial charge in [-0.15, -0.1) is 11.3 Å². The van der Waals surface area contributed by atoms with E-state index in [4.69, 9.17) is 55.4 Å². The largest absolute Gasteiger partial charge is 0.480 e. The number of benzene rings is 1. The quantitative estimate of drug-likeness (QED) is 0.139. The van der Waals surface area contributed by atoms with Crippen molar-refractivity contribution in [2.45, 2.75) is 18.9 Å². The highest BCUT2D eigenvalue weighted by Crippen LogP contribution is 2.36. The first-order valence-electron chi connectivity index (χ1n) is 8.99. The Labute approximate surface area is 197 Å². The second-order valence-corrected chi connectivity index (χ2v) is 7.83. The van der Waals surface area contributed by atoms with Crippen LogP contribution in [-0.2, 0) is 9.59 Å². The van der Waals surface area contributed by atoms with Gasteiger partial charge >= 0.3 is 11.9 Å². The first kappa shape index (κ1) is 27.2. The molecule has 1 heterocycles. The molecule has 0 saturated heterocycles. The fourth-order valence-electron chi connectivity index (χ4n) is 2.14. The number of aliphatic carboxylic acids is 2. The lowest BCUT2D eigenvalue weighted by Crippen LogP contribution is -2.30. The van der Waals surface area contributed by atoms with Crippen molar-refractivity contribution in [3.63, 3.8) is 0 Å². The van der Waals surface area contributed by atoms with Gasteiger partial charge in [0.1, 0.15) is 16.8 Å². The lowest BCUT2D eigenvalue weighted by atomic mass is 10.1. The molecule has 0 spiro atoms. The molecule has 0 amide bonds. The van der Waals surface area contributed by atoms with Gasteiger partial charge in [-0.3, -0.25) is 14.6 Å². The second-order valence-electron chi connectivity index (χ2n) is 6.12. The molecule has 0 aliphatic heterocycles. The predicted molar refractivity (Wildman–Crippen MR) is 123 cm³/mol. The molecule has 10 nitrogen and oxygen atoms in total. The first-order valence-corrected chi connectivity index (χ1v) is 10.6. The monoisotopic (exact) mass is 504 g/mol. The molecule has 174 valence electrons. The third kappa shape index (κ3) is 9.10. The third-order valence-corrected chi connectivity index (χ3v) is 5.41. The lowest BCUT2D eigenvalue weighted by Gasteiger charge is -2.09. The Morgan fingerprint density at radius 1 is 1.12 bits per heavy atom. The normalized spacial score (nSPS) is 11.0. The first-order chi connectivity index (χ1) is 15.0. The molecular formula is C19H22Cl2N4O6S. The minimum absolute atomic E-state index is 0.0129. The number of nitrogens with zero attached hydrogens (tertiary/aromatic N) is 1. The highest BCUT2D eigenvalue weighted by molar-refractivity contribution is 7.12. The zero-order valence-corrected chi connectivity index (χ0v) is 19.0. The van der Waals surface area contributed by atoms with Gasteiger partial charge in [-0.2, -0.15) is 0 Å². The van der Waals surface area contributed by atoms with Gasteiger partial charge in [0.05, 0.1) is 9.90 Å². The Balaban J connectivity index is 0.000000368. The molecule has 0 aliphatic rings. The van der Waals surface area contributed by atoms with Crippen LogP contribution in [0.1, 0.15) is 28.1 Å². The molecule has 0 radical (unpaired) electrons. The van der Waals surface area contributed by atoms with Crippen LogP contribution in [0.4, 0.5) is 0 Å². The Morgan fingerprint density at radius 2 is 1.81 bits per heavy atom. The molecule has 2 rings (SSSR count). The Kier molecular flexibility index (Phi) is 11.5. The van der Waals surface area contributed by atoms with Crippen molar-refractivity contribution in [3.8, 4) is 5.75 Å². The number of hydrogen-bond donors (Lipinski definition) is 5. The van der Waals surface area contributed by atoms with E-state index in [1.165, 1.54) is 23.5 Å². The minimum Gasteiger partial charge on any atom is -0.480 e. The summed E-state index contributed by atoms with van der Waals surface area (Å²) in [6, 6.07) is 5.52. The summed E-state index contributed by atoms with van der Waals surface area (Å²) in [6.45, 7) is -0.114. The molecule has 0 saturated carbocycles. The van der Waals surface area contributed by atoms with Crippen molar-refractivity contribution in [2.75, 3.05) is 13.2 Å². The summed E-state index contributed by atoms with van der Waals surface area (Å²) < 4.78 is 4.98. The number of ether oxygens (including phenoxy) is 1. The topological polar surface area (TPSA) is 191 Å². The van der Waals surface area contributed by atoms with E-state index in [2.05, 4.69) is 4.99 Å². The summed E-state index contributed by atoms with van der Waals surface area (Å²) >= 11 is 13.3. The average Bonchev–Trinajstić information content (AvgIpc) is 3.26. The third-order valence-electron chi connectivity index (χ3n) is 3.67. The molecular weight excluding hydrogens is 483 g/mol. The van der Waals surface area contributed by atoms with Crippen LogP contribution >= 0.6 is 34.5 Å². The number of rotatable bonds is 10. The van der Waals surface area contributed by atoms with Gasteiger partial charge in [0, 0.05) is 12.1 Å². The van der Waals surface area contributed by atoms with Crippen molar-refractivity contribution < 1.29 is 29.3 Å². The number of ketones is 1. The van der Waals surface area contributed by atoms with Gasteiger partial charge in [-0.25, -0.2) is 4.79 Å². The maximum atomic E-state index is 12.2. The zero-order chi connectivity index (χ0) is 24.3. The number of thiophene rings is 1. The van der Waals surface area contributed by atoms with Crippen LogP contribution in [0.2, 0.25) is 10.0 Å². The average molecular weight is 505 g/mol. The molecule has 1 atom stereocenters. The highest BCUT2D eigenvalue weighted by atomic mass is 35.5. The standard InChI is InChI=1S/C13H8Cl2O4S.C6H14N4O2/c14-11-7(13(18)9-2-1-5-20-9)3-4-8(12(11)15)19-6-10(16)17;7-4(5(11)12)2-1-3-10-6(8)9/h1-5H,6H2,(H,16,17);4H,1-3,7H2,(H,11,12)(H4,8,9,10). The predicted octanol–water partition coefficient (Wildman–Crippen LogP) is 2.20. The van der Waals surface area contributed by atoms with Crippen LogP contribution in [0.15, 0.2) is 34.6 Å². The Hall–Kier alpha value is -2.86. The van der Waals surface area contributed by atoms with Crippen LogP contribution in [0.25, 0.3) is 0 Å². The maximum Gasteiger partial charge on any atom is 0.341 e. The van der Waals surface area contributed by atoms with Gasteiger partial charge in [-0.1, -0.05) is 29.3 Å². The number of guanidine groups is 1. The molecule has 8 N–H and O–H groups in total. The van der Waals surface area contributed by atoms with E-state index in [1.54, 1.807) is 17.5 Å². The number of nitrogens with two attached hydrogens (primary N) is 3. The number of carboxylic acids is 2. The Bertz CT molecular complexity index is 965. The van der Waals surface area contributed by atoms with Crippen LogP contribution in [0.5, 0.6) is 5.75 Å². The van der Waals surface area contributed by atoms with E-state index in [0.717, 1.165) is 0 Å². The summed E-state index contributed by atoms with van der Waals surface area (Å²) in [5.41, 5.74) is 15.6.